The van der Waals surface area contributed by atoms with Gasteiger partial charge in [-0.2, -0.15) is 0 Å². The highest BCUT2D eigenvalue weighted by molar-refractivity contribution is 7.91. The van der Waals surface area contributed by atoms with Gasteiger partial charge in [-0.25, -0.2) is 4.98 Å². The maximum Gasteiger partial charge on any atom is 0.121 e. The molecular formula is C14H18N2O2S. The average molecular weight is 278 g/mol. The van der Waals surface area contributed by atoms with Crippen LogP contribution in [0.25, 0.3) is 11.0 Å². The van der Waals surface area contributed by atoms with Crippen LogP contribution in [0.4, 0.5) is 0 Å². The molecule has 102 valence electrons. The molecule has 0 aliphatic carbocycles. The Labute approximate surface area is 116 Å². The molecule has 1 aromatic carbocycles. The van der Waals surface area contributed by atoms with E-state index < -0.39 is 11.2 Å². The Morgan fingerprint density at radius 3 is 3.05 bits per heavy atom. The van der Waals surface area contributed by atoms with E-state index in [-0.39, 0.29) is 0 Å². The third-order valence-electron chi connectivity index (χ3n) is 3.80. The Bertz CT molecular complexity index is 596. The number of ether oxygens (including phenoxy) is 1. The molecule has 0 saturated carbocycles. The van der Waals surface area contributed by atoms with Crippen molar-refractivity contribution in [3.63, 3.8) is 0 Å². The summed E-state index contributed by atoms with van der Waals surface area (Å²) in [4.78, 5) is 4.73. The van der Waals surface area contributed by atoms with E-state index in [1.54, 1.807) is 7.11 Å². The molecule has 1 fully saturated rings. The van der Waals surface area contributed by atoms with E-state index in [1.807, 2.05) is 25.2 Å². The van der Waals surface area contributed by atoms with Crippen LogP contribution in [-0.2, 0) is 18.2 Å². The fraction of sp³-hybridized carbons (Fsp3) is 0.500. The monoisotopic (exact) mass is 278 g/mol. The molecule has 0 N–H and O–H groups in total. The first-order valence-corrected chi connectivity index (χ1v) is 8.03. The van der Waals surface area contributed by atoms with Gasteiger partial charge in [0, 0.05) is 13.1 Å². The lowest BCUT2D eigenvalue weighted by Gasteiger charge is -2.23. The second-order valence-electron chi connectivity index (χ2n) is 5.03. The van der Waals surface area contributed by atoms with E-state index in [1.165, 1.54) is 0 Å². The Kier molecular flexibility index (Phi) is 3.41. The Hall–Kier alpha value is -1.20. The Morgan fingerprint density at radius 1 is 1.47 bits per heavy atom. The van der Waals surface area contributed by atoms with Gasteiger partial charge < -0.3 is 13.9 Å². The molecule has 2 atom stereocenters. The van der Waals surface area contributed by atoms with Crippen molar-refractivity contribution in [1.29, 1.82) is 0 Å². The molecule has 19 heavy (non-hydrogen) atoms. The van der Waals surface area contributed by atoms with Crippen molar-refractivity contribution in [2.45, 2.75) is 18.8 Å². The van der Waals surface area contributed by atoms with E-state index in [2.05, 4.69) is 4.57 Å². The van der Waals surface area contributed by atoms with E-state index in [0.717, 1.165) is 47.0 Å². The SMILES string of the molecule is COc1ccc2c(c1)nc(C1CCC[S+]([O-])C1)n2C. The standard InChI is InChI=1S/C14H18N2O2S/c1-16-13-6-5-11(18-2)8-12(13)15-14(16)10-4-3-7-19(17)9-10/h5-6,8,10H,3-4,7,9H2,1-2H3. The fourth-order valence-corrected chi connectivity index (χ4v) is 4.20. The molecule has 1 aromatic heterocycles. The molecule has 5 heteroatoms. The van der Waals surface area contributed by atoms with Crippen molar-refractivity contribution in [2.24, 2.45) is 7.05 Å². The number of imidazole rings is 1. The molecule has 0 spiro atoms. The number of methoxy groups -OCH3 is 1. The summed E-state index contributed by atoms with van der Waals surface area (Å²) in [7, 11) is 3.70. The summed E-state index contributed by atoms with van der Waals surface area (Å²) >= 11 is -0.685. The maximum absolute atomic E-state index is 11.7. The lowest BCUT2D eigenvalue weighted by molar-refractivity contribution is 0.415. The summed E-state index contributed by atoms with van der Waals surface area (Å²) < 4.78 is 19.1. The van der Waals surface area contributed by atoms with Gasteiger partial charge in [0.2, 0.25) is 0 Å². The van der Waals surface area contributed by atoms with Crippen LogP contribution >= 0.6 is 0 Å². The van der Waals surface area contributed by atoms with Crippen molar-refractivity contribution in [1.82, 2.24) is 9.55 Å². The second-order valence-corrected chi connectivity index (χ2v) is 6.65. The van der Waals surface area contributed by atoms with Gasteiger partial charge in [0.25, 0.3) is 0 Å². The molecule has 3 rings (SSSR count). The summed E-state index contributed by atoms with van der Waals surface area (Å²) in [5, 5.41) is 0. The van der Waals surface area contributed by atoms with Crippen molar-refractivity contribution < 1.29 is 9.29 Å². The number of aryl methyl sites for hydroxylation is 1. The quantitative estimate of drug-likeness (QED) is 0.791. The lowest BCUT2D eigenvalue weighted by Crippen LogP contribution is -2.25. The third-order valence-corrected chi connectivity index (χ3v) is 5.32. The summed E-state index contributed by atoms with van der Waals surface area (Å²) in [5.74, 6) is 3.78. The summed E-state index contributed by atoms with van der Waals surface area (Å²) in [6.07, 6.45) is 2.11. The van der Waals surface area contributed by atoms with Gasteiger partial charge in [0.15, 0.2) is 0 Å². The van der Waals surface area contributed by atoms with Gasteiger partial charge in [0.05, 0.1) is 24.1 Å². The van der Waals surface area contributed by atoms with Crippen LogP contribution in [0.2, 0.25) is 0 Å². The molecule has 1 saturated heterocycles. The van der Waals surface area contributed by atoms with Crippen molar-refractivity contribution >= 4 is 22.2 Å². The highest BCUT2D eigenvalue weighted by Gasteiger charge is 2.28. The van der Waals surface area contributed by atoms with Gasteiger partial charge in [-0.05, 0) is 25.0 Å². The third kappa shape index (κ3) is 2.32. The topological polar surface area (TPSA) is 50.1 Å². The largest absolute Gasteiger partial charge is 0.616 e. The van der Waals surface area contributed by atoms with Gasteiger partial charge in [-0.15, -0.1) is 0 Å². The highest BCUT2D eigenvalue weighted by atomic mass is 32.2. The first kappa shape index (κ1) is 12.8. The number of rotatable bonds is 2. The minimum absolute atomic E-state index is 0.318. The lowest BCUT2D eigenvalue weighted by atomic mass is 10.1. The minimum atomic E-state index is -0.685. The smallest absolute Gasteiger partial charge is 0.121 e. The summed E-state index contributed by atoms with van der Waals surface area (Å²) in [6, 6.07) is 5.94. The number of nitrogens with zero attached hydrogens (tertiary/aromatic N) is 2. The molecule has 2 unspecified atom stereocenters. The first-order chi connectivity index (χ1) is 9.19. The number of hydrogen-bond acceptors (Lipinski definition) is 3. The van der Waals surface area contributed by atoms with Crippen LogP contribution in [0.1, 0.15) is 24.6 Å². The number of aromatic nitrogens is 2. The first-order valence-electron chi connectivity index (χ1n) is 6.54. The van der Waals surface area contributed by atoms with Crippen LogP contribution in [0.5, 0.6) is 5.75 Å². The van der Waals surface area contributed by atoms with Gasteiger partial charge >= 0.3 is 0 Å². The molecule has 0 bridgehead atoms. The fourth-order valence-electron chi connectivity index (χ4n) is 2.78. The minimum Gasteiger partial charge on any atom is -0.616 e. The Balaban J connectivity index is 2.01. The number of fused-ring (bicyclic) bond motifs is 1. The Morgan fingerprint density at radius 2 is 2.32 bits per heavy atom. The van der Waals surface area contributed by atoms with Crippen molar-refractivity contribution in [2.75, 3.05) is 18.6 Å². The molecule has 2 heterocycles. The van der Waals surface area contributed by atoms with Crippen molar-refractivity contribution in [3.8, 4) is 5.75 Å². The van der Waals surface area contributed by atoms with E-state index in [4.69, 9.17) is 9.72 Å². The van der Waals surface area contributed by atoms with Gasteiger partial charge in [0.1, 0.15) is 23.1 Å². The molecule has 0 radical (unpaired) electrons. The zero-order valence-electron chi connectivity index (χ0n) is 11.3. The van der Waals surface area contributed by atoms with Crippen LogP contribution < -0.4 is 4.74 Å². The van der Waals surface area contributed by atoms with Crippen LogP contribution in [-0.4, -0.2) is 32.7 Å². The molecule has 1 aliphatic heterocycles. The normalized spacial score (nSPS) is 23.7. The van der Waals surface area contributed by atoms with Gasteiger partial charge in [-0.3, -0.25) is 0 Å². The average Bonchev–Trinajstić information content (AvgIpc) is 2.75. The zero-order valence-corrected chi connectivity index (χ0v) is 12.1. The van der Waals surface area contributed by atoms with E-state index in [0.29, 0.717) is 5.92 Å². The summed E-state index contributed by atoms with van der Waals surface area (Å²) in [6.45, 7) is 0. The van der Waals surface area contributed by atoms with Gasteiger partial charge in [-0.1, -0.05) is 11.2 Å². The molecule has 4 nitrogen and oxygen atoms in total. The second kappa shape index (κ2) is 5.06. The number of hydrogen-bond donors (Lipinski definition) is 0. The molecule has 1 aliphatic rings. The van der Waals surface area contributed by atoms with E-state index in [9.17, 15) is 4.55 Å². The summed E-state index contributed by atoms with van der Waals surface area (Å²) in [5.41, 5.74) is 2.06. The van der Waals surface area contributed by atoms with Crippen LogP contribution in [0, 0.1) is 0 Å². The van der Waals surface area contributed by atoms with Crippen LogP contribution in [0.3, 0.4) is 0 Å². The zero-order chi connectivity index (χ0) is 13.4. The van der Waals surface area contributed by atoms with Crippen molar-refractivity contribution in [3.05, 3.63) is 24.0 Å². The molecule has 2 aromatic rings. The predicted octanol–water partition coefficient (Wildman–Crippen LogP) is 2.21. The van der Waals surface area contributed by atoms with E-state index >= 15 is 0 Å². The maximum atomic E-state index is 11.7. The molecule has 0 amide bonds. The predicted molar refractivity (Wildman–Crippen MR) is 77.1 cm³/mol. The number of benzene rings is 1. The highest BCUT2D eigenvalue weighted by Crippen LogP contribution is 2.30. The van der Waals surface area contributed by atoms with Crippen LogP contribution in [0.15, 0.2) is 18.2 Å². The molecular weight excluding hydrogens is 260 g/mol.